The van der Waals surface area contributed by atoms with Gasteiger partial charge < -0.3 is 4.74 Å². The number of hydrogen-bond donors (Lipinski definition) is 0. The summed E-state index contributed by atoms with van der Waals surface area (Å²) in [5.41, 5.74) is 5.27. The molecule has 4 nitrogen and oxygen atoms in total. The summed E-state index contributed by atoms with van der Waals surface area (Å²) < 4.78 is 4.96. The molecule has 0 spiro atoms. The van der Waals surface area contributed by atoms with Gasteiger partial charge in [0.2, 0.25) is 0 Å². The van der Waals surface area contributed by atoms with Crippen LogP contribution in [0.2, 0.25) is 0 Å². The minimum Gasteiger partial charge on any atom is -0.465 e. The number of carbonyl (C=O) groups excluding carboxylic acids is 2. The highest BCUT2D eigenvalue weighted by molar-refractivity contribution is 6.23. The number of allylic oxidation sites excluding steroid dienone is 1. The smallest absolute Gasteiger partial charge is 0.340 e. The molecule has 1 heterocycles. The molecule has 0 fully saturated rings. The lowest BCUT2D eigenvalue weighted by atomic mass is 10.0. The lowest BCUT2D eigenvalue weighted by Gasteiger charge is -2.18. The van der Waals surface area contributed by atoms with Crippen molar-refractivity contribution in [2.75, 3.05) is 12.0 Å². The summed E-state index contributed by atoms with van der Waals surface area (Å²) in [6.07, 6.45) is 3.64. The van der Waals surface area contributed by atoms with Crippen LogP contribution >= 0.6 is 0 Å². The number of aryl methyl sites for hydroxylation is 2. The summed E-state index contributed by atoms with van der Waals surface area (Å²) in [4.78, 5) is 27.3. The Bertz CT molecular complexity index is 950. The average Bonchev–Trinajstić information content (AvgIpc) is 2.97. The van der Waals surface area contributed by atoms with Crippen LogP contribution in [0.3, 0.4) is 0 Å². The highest BCUT2D eigenvalue weighted by Gasteiger charge is 2.37. The third-order valence-electron chi connectivity index (χ3n) is 5.09. The molecule has 0 aromatic heterocycles. The largest absolute Gasteiger partial charge is 0.465 e. The molecule has 1 aliphatic rings. The molecule has 0 N–H and O–H groups in total. The fourth-order valence-electron chi connectivity index (χ4n) is 3.39. The molecule has 0 unspecified atom stereocenters. The van der Waals surface area contributed by atoms with Gasteiger partial charge in [0.1, 0.15) is 0 Å². The summed E-state index contributed by atoms with van der Waals surface area (Å²) in [7, 11) is 1.33. The van der Waals surface area contributed by atoms with E-state index < -0.39 is 5.97 Å². The van der Waals surface area contributed by atoms with Crippen LogP contribution in [0, 0.1) is 0 Å². The van der Waals surface area contributed by atoms with E-state index in [1.54, 1.807) is 17.9 Å². The van der Waals surface area contributed by atoms with Gasteiger partial charge in [-0.15, -0.1) is 0 Å². The second-order valence-electron chi connectivity index (χ2n) is 6.77. The quantitative estimate of drug-likeness (QED) is 0.563. The van der Waals surface area contributed by atoms with E-state index in [0.29, 0.717) is 16.8 Å². The van der Waals surface area contributed by atoms with Crippen LogP contribution < -0.4 is 4.90 Å². The summed E-state index contributed by atoms with van der Waals surface area (Å²) in [5, 5.41) is 0. The maximum atomic E-state index is 13.2. The van der Waals surface area contributed by atoms with Gasteiger partial charge in [-0.1, -0.05) is 50.2 Å². The zero-order chi connectivity index (χ0) is 20.3. The second kappa shape index (κ2) is 8.26. The summed E-state index contributed by atoms with van der Waals surface area (Å²) in [6, 6.07) is 15.8. The van der Waals surface area contributed by atoms with E-state index >= 15 is 0 Å². The summed E-state index contributed by atoms with van der Waals surface area (Å²) in [5.74, 6) is -0.725. The zero-order valence-corrected chi connectivity index (χ0v) is 16.8. The predicted octanol–water partition coefficient (Wildman–Crippen LogP) is 4.69. The van der Waals surface area contributed by atoms with Crippen molar-refractivity contribution in [1.82, 2.24) is 0 Å². The fraction of sp³-hybridized carbons (Fsp3) is 0.250. The molecule has 0 aliphatic carbocycles. The van der Waals surface area contributed by atoms with E-state index in [9.17, 15) is 9.59 Å². The van der Waals surface area contributed by atoms with Crippen molar-refractivity contribution < 1.29 is 14.3 Å². The SMILES string of the molecule is CCc1ccc(/C=C2\C(=O)N(c3ccc(CC)cc3)C(C)=C2C(=O)OC)cc1. The lowest BCUT2D eigenvalue weighted by Crippen LogP contribution is -2.24. The Morgan fingerprint density at radius 2 is 1.50 bits per heavy atom. The van der Waals surface area contributed by atoms with Gasteiger partial charge in [0.15, 0.2) is 0 Å². The topological polar surface area (TPSA) is 46.6 Å². The molecule has 144 valence electrons. The third-order valence-corrected chi connectivity index (χ3v) is 5.09. The fourth-order valence-corrected chi connectivity index (χ4v) is 3.39. The van der Waals surface area contributed by atoms with Gasteiger partial charge >= 0.3 is 5.97 Å². The normalized spacial score (nSPS) is 15.5. The number of ether oxygens (including phenoxy) is 1. The van der Waals surface area contributed by atoms with Crippen LogP contribution in [0.1, 0.15) is 37.5 Å². The van der Waals surface area contributed by atoms with E-state index in [-0.39, 0.29) is 5.91 Å². The molecule has 4 heteroatoms. The molecule has 0 saturated carbocycles. The molecule has 28 heavy (non-hydrogen) atoms. The number of rotatable bonds is 5. The van der Waals surface area contributed by atoms with E-state index in [1.807, 2.05) is 48.5 Å². The maximum absolute atomic E-state index is 13.2. The first-order valence-electron chi connectivity index (χ1n) is 9.53. The van der Waals surface area contributed by atoms with Crippen molar-refractivity contribution in [2.45, 2.75) is 33.6 Å². The van der Waals surface area contributed by atoms with Gasteiger partial charge in [-0.2, -0.15) is 0 Å². The Morgan fingerprint density at radius 3 is 2.00 bits per heavy atom. The molecule has 0 radical (unpaired) electrons. The van der Waals surface area contributed by atoms with Crippen molar-refractivity contribution in [1.29, 1.82) is 0 Å². The zero-order valence-electron chi connectivity index (χ0n) is 16.8. The molecule has 0 bridgehead atoms. The van der Waals surface area contributed by atoms with E-state index in [4.69, 9.17) is 4.74 Å². The Hall–Kier alpha value is -3.14. The van der Waals surface area contributed by atoms with Gasteiger partial charge in [0, 0.05) is 11.4 Å². The van der Waals surface area contributed by atoms with Crippen LogP contribution in [0.25, 0.3) is 6.08 Å². The second-order valence-corrected chi connectivity index (χ2v) is 6.77. The Kier molecular flexibility index (Phi) is 5.78. The van der Waals surface area contributed by atoms with E-state index in [1.165, 1.54) is 18.2 Å². The van der Waals surface area contributed by atoms with Crippen LogP contribution in [-0.2, 0) is 27.2 Å². The highest BCUT2D eigenvalue weighted by atomic mass is 16.5. The monoisotopic (exact) mass is 375 g/mol. The first-order valence-corrected chi connectivity index (χ1v) is 9.53. The van der Waals surface area contributed by atoms with Crippen LogP contribution in [-0.4, -0.2) is 19.0 Å². The number of methoxy groups -OCH3 is 1. The van der Waals surface area contributed by atoms with Crippen molar-refractivity contribution in [3.05, 3.63) is 82.1 Å². The average molecular weight is 375 g/mol. The van der Waals surface area contributed by atoms with Gasteiger partial charge in [-0.25, -0.2) is 4.79 Å². The first-order chi connectivity index (χ1) is 13.5. The summed E-state index contributed by atoms with van der Waals surface area (Å²) in [6.45, 7) is 5.96. The van der Waals surface area contributed by atoms with Crippen molar-refractivity contribution in [2.24, 2.45) is 0 Å². The predicted molar refractivity (Wildman–Crippen MR) is 112 cm³/mol. The Balaban J connectivity index is 2.07. The minimum absolute atomic E-state index is 0.221. The molecular weight excluding hydrogens is 350 g/mol. The van der Waals surface area contributed by atoms with Gasteiger partial charge in [0.25, 0.3) is 5.91 Å². The molecule has 3 rings (SSSR count). The maximum Gasteiger partial charge on any atom is 0.340 e. The van der Waals surface area contributed by atoms with Crippen molar-refractivity contribution >= 4 is 23.6 Å². The van der Waals surface area contributed by atoms with Gasteiger partial charge in [-0.05, 0) is 54.7 Å². The number of benzene rings is 2. The van der Waals surface area contributed by atoms with Crippen molar-refractivity contribution in [3.8, 4) is 0 Å². The van der Waals surface area contributed by atoms with Gasteiger partial charge in [-0.3, -0.25) is 9.69 Å². The first kappa shape index (κ1) is 19.6. The molecule has 1 amide bonds. The molecule has 2 aromatic carbocycles. The highest BCUT2D eigenvalue weighted by Crippen LogP contribution is 2.35. The van der Waals surface area contributed by atoms with E-state index in [2.05, 4.69) is 13.8 Å². The number of anilines is 1. The van der Waals surface area contributed by atoms with Crippen LogP contribution in [0.15, 0.2) is 65.4 Å². The number of esters is 1. The molecule has 0 saturated heterocycles. The molecular formula is C24H25NO3. The number of amides is 1. The number of carbonyl (C=O) groups is 2. The Morgan fingerprint density at radius 1 is 0.964 bits per heavy atom. The van der Waals surface area contributed by atoms with Gasteiger partial charge in [0.05, 0.1) is 18.3 Å². The molecule has 0 atom stereocenters. The number of hydrogen-bond acceptors (Lipinski definition) is 3. The summed E-state index contributed by atoms with van der Waals surface area (Å²) >= 11 is 0. The molecule has 1 aliphatic heterocycles. The standard InChI is InChI=1S/C24H25NO3/c1-5-17-7-9-19(10-8-17)15-21-22(24(27)28-4)16(3)25(23(21)26)20-13-11-18(6-2)12-14-20/h7-15H,5-6H2,1-4H3/b21-15-. The van der Waals surface area contributed by atoms with Crippen LogP contribution in [0.4, 0.5) is 5.69 Å². The minimum atomic E-state index is -0.505. The lowest BCUT2D eigenvalue weighted by molar-refractivity contribution is -0.136. The van der Waals surface area contributed by atoms with Crippen molar-refractivity contribution in [3.63, 3.8) is 0 Å². The van der Waals surface area contributed by atoms with Crippen LogP contribution in [0.5, 0.6) is 0 Å². The Labute approximate surface area is 166 Å². The molecule has 2 aromatic rings. The number of nitrogens with zero attached hydrogens (tertiary/aromatic N) is 1. The van der Waals surface area contributed by atoms with E-state index in [0.717, 1.165) is 24.1 Å². The third kappa shape index (κ3) is 3.63.